The fourth-order valence-corrected chi connectivity index (χ4v) is 3.46. The molecule has 1 unspecified atom stereocenters. The summed E-state index contributed by atoms with van der Waals surface area (Å²) in [5.41, 5.74) is 3.04. The van der Waals surface area contributed by atoms with Gasteiger partial charge in [0.1, 0.15) is 11.6 Å². The van der Waals surface area contributed by atoms with Crippen molar-refractivity contribution in [2.24, 2.45) is 0 Å². The third-order valence-corrected chi connectivity index (χ3v) is 4.66. The van der Waals surface area contributed by atoms with Gasteiger partial charge in [-0.1, -0.05) is 42.5 Å². The van der Waals surface area contributed by atoms with E-state index < -0.39 is 11.9 Å². The summed E-state index contributed by atoms with van der Waals surface area (Å²) in [6.45, 7) is 0.826. The van der Waals surface area contributed by atoms with Gasteiger partial charge in [0.2, 0.25) is 0 Å². The number of fused-ring (bicyclic) bond motifs is 1. The lowest BCUT2D eigenvalue weighted by Gasteiger charge is -2.34. The van der Waals surface area contributed by atoms with Gasteiger partial charge in [0.25, 0.3) is 0 Å². The second-order valence-corrected chi connectivity index (χ2v) is 6.21. The molecule has 1 aliphatic rings. The van der Waals surface area contributed by atoms with Crippen LogP contribution in [0.3, 0.4) is 0 Å². The molecule has 3 aromatic rings. The van der Waals surface area contributed by atoms with Crippen LogP contribution in [0.2, 0.25) is 0 Å². The number of hydrogen-bond donors (Lipinski definition) is 1. The minimum atomic E-state index is -0.869. The van der Waals surface area contributed by atoms with Crippen LogP contribution in [0, 0.1) is 11.3 Å². The van der Waals surface area contributed by atoms with Crippen LogP contribution in [-0.4, -0.2) is 27.4 Å². The minimum absolute atomic E-state index is 0.291. The smallest absolute Gasteiger partial charge is 0.312 e. The Kier molecular flexibility index (Phi) is 3.90. The number of hydrogen-bond acceptors (Lipinski definition) is 4. The van der Waals surface area contributed by atoms with Crippen LogP contribution in [-0.2, 0) is 11.3 Å². The number of anilines is 1. The topological polar surface area (TPSA) is 82.2 Å². The molecule has 6 nitrogen and oxygen atoms in total. The lowest BCUT2D eigenvalue weighted by molar-refractivity contribution is -0.138. The highest BCUT2D eigenvalue weighted by Crippen LogP contribution is 2.34. The van der Waals surface area contributed by atoms with Gasteiger partial charge in [-0.15, -0.1) is 0 Å². The SMILES string of the molecule is N#Cc1cnn(-c2ccccc2)c1N1Cc2ccccc2C(C(=O)O)C1. The van der Waals surface area contributed by atoms with Crippen molar-refractivity contribution in [2.45, 2.75) is 12.5 Å². The van der Waals surface area contributed by atoms with Gasteiger partial charge in [0.15, 0.2) is 5.82 Å². The summed E-state index contributed by atoms with van der Waals surface area (Å²) in [4.78, 5) is 13.8. The van der Waals surface area contributed by atoms with Crippen LogP contribution >= 0.6 is 0 Å². The van der Waals surface area contributed by atoms with E-state index in [0.717, 1.165) is 16.8 Å². The molecule has 0 amide bonds. The summed E-state index contributed by atoms with van der Waals surface area (Å²) in [5.74, 6) is -0.892. The fraction of sp³-hybridized carbons (Fsp3) is 0.150. The normalized spacial score (nSPS) is 16.0. The highest BCUT2D eigenvalue weighted by Gasteiger charge is 2.32. The molecule has 26 heavy (non-hydrogen) atoms. The molecular weight excluding hydrogens is 328 g/mol. The summed E-state index contributed by atoms with van der Waals surface area (Å²) in [7, 11) is 0. The van der Waals surface area contributed by atoms with E-state index in [1.165, 1.54) is 6.20 Å². The summed E-state index contributed by atoms with van der Waals surface area (Å²) in [5, 5.41) is 23.6. The Hall–Kier alpha value is -3.59. The van der Waals surface area contributed by atoms with Gasteiger partial charge in [0, 0.05) is 13.1 Å². The number of aromatic nitrogens is 2. The van der Waals surface area contributed by atoms with E-state index in [0.29, 0.717) is 24.5 Å². The zero-order valence-corrected chi connectivity index (χ0v) is 13.9. The number of benzene rings is 2. The van der Waals surface area contributed by atoms with Crippen molar-refractivity contribution < 1.29 is 9.90 Å². The molecule has 0 fully saturated rings. The maximum atomic E-state index is 11.8. The van der Waals surface area contributed by atoms with E-state index >= 15 is 0 Å². The maximum Gasteiger partial charge on any atom is 0.312 e. The minimum Gasteiger partial charge on any atom is -0.481 e. The van der Waals surface area contributed by atoms with E-state index in [1.807, 2.05) is 59.5 Å². The summed E-state index contributed by atoms with van der Waals surface area (Å²) >= 11 is 0. The average molecular weight is 344 g/mol. The quantitative estimate of drug-likeness (QED) is 0.790. The zero-order valence-electron chi connectivity index (χ0n) is 13.9. The first-order valence-electron chi connectivity index (χ1n) is 8.28. The maximum absolute atomic E-state index is 11.8. The molecule has 1 N–H and O–H groups in total. The number of carboxylic acid groups (broad SMARTS) is 1. The molecule has 1 atom stereocenters. The highest BCUT2D eigenvalue weighted by atomic mass is 16.4. The number of carbonyl (C=O) groups is 1. The molecule has 2 heterocycles. The molecule has 1 aliphatic heterocycles. The lowest BCUT2D eigenvalue weighted by Crippen LogP contribution is -2.38. The molecule has 0 saturated heterocycles. The second-order valence-electron chi connectivity index (χ2n) is 6.21. The molecule has 0 saturated carbocycles. The Morgan fingerprint density at radius 2 is 1.88 bits per heavy atom. The third kappa shape index (κ3) is 2.60. The fourth-order valence-electron chi connectivity index (χ4n) is 3.46. The van der Waals surface area contributed by atoms with Crippen LogP contribution in [0.4, 0.5) is 5.82 Å². The van der Waals surface area contributed by atoms with E-state index in [1.54, 1.807) is 4.68 Å². The second kappa shape index (κ2) is 6.37. The summed E-state index contributed by atoms with van der Waals surface area (Å²) < 4.78 is 1.70. The monoisotopic (exact) mass is 344 g/mol. The number of para-hydroxylation sites is 1. The number of carboxylic acids is 1. The van der Waals surface area contributed by atoms with Crippen molar-refractivity contribution in [2.75, 3.05) is 11.4 Å². The molecule has 0 radical (unpaired) electrons. The standard InChI is InChI=1S/C20H16N4O2/c21-10-15-11-22-24(16-7-2-1-3-8-16)19(15)23-12-14-6-4-5-9-17(14)18(13-23)20(25)26/h1-9,11,18H,12-13H2,(H,25,26). The van der Waals surface area contributed by atoms with E-state index in [9.17, 15) is 15.2 Å². The first-order valence-corrected chi connectivity index (χ1v) is 8.28. The Morgan fingerprint density at radius 3 is 2.62 bits per heavy atom. The van der Waals surface area contributed by atoms with Crippen molar-refractivity contribution in [1.82, 2.24) is 9.78 Å². The molecule has 6 heteroatoms. The van der Waals surface area contributed by atoms with Crippen molar-refractivity contribution in [3.63, 3.8) is 0 Å². The Morgan fingerprint density at radius 1 is 1.15 bits per heavy atom. The predicted octanol–water partition coefficient (Wildman–Crippen LogP) is 2.93. The first-order chi connectivity index (χ1) is 12.7. The first kappa shape index (κ1) is 15.9. The number of rotatable bonds is 3. The highest BCUT2D eigenvalue weighted by molar-refractivity contribution is 5.79. The molecule has 128 valence electrons. The zero-order chi connectivity index (χ0) is 18.1. The van der Waals surface area contributed by atoms with Gasteiger partial charge < -0.3 is 10.0 Å². The molecule has 0 spiro atoms. The van der Waals surface area contributed by atoms with E-state index in [-0.39, 0.29) is 0 Å². The molecule has 1 aromatic heterocycles. The summed E-state index contributed by atoms with van der Waals surface area (Å²) in [6.07, 6.45) is 1.53. The Labute approximate surface area is 150 Å². The number of aliphatic carboxylic acids is 1. The van der Waals surface area contributed by atoms with Gasteiger partial charge >= 0.3 is 5.97 Å². The summed E-state index contributed by atoms with van der Waals surface area (Å²) in [6, 6.07) is 19.3. The van der Waals surface area contributed by atoms with Crippen molar-refractivity contribution >= 4 is 11.8 Å². The molecule has 2 aromatic carbocycles. The van der Waals surface area contributed by atoms with Crippen molar-refractivity contribution in [3.8, 4) is 11.8 Å². The van der Waals surface area contributed by atoms with Gasteiger partial charge in [-0.3, -0.25) is 4.79 Å². The molecule has 0 aliphatic carbocycles. The van der Waals surface area contributed by atoms with Gasteiger partial charge in [-0.05, 0) is 23.3 Å². The van der Waals surface area contributed by atoms with E-state index in [2.05, 4.69) is 11.2 Å². The molecule has 4 rings (SSSR count). The number of nitrogens with zero attached hydrogens (tertiary/aromatic N) is 4. The largest absolute Gasteiger partial charge is 0.481 e. The van der Waals surface area contributed by atoms with Crippen molar-refractivity contribution in [1.29, 1.82) is 5.26 Å². The third-order valence-electron chi connectivity index (χ3n) is 4.66. The van der Waals surface area contributed by atoms with Gasteiger partial charge in [-0.2, -0.15) is 10.4 Å². The van der Waals surface area contributed by atoms with Crippen LogP contribution < -0.4 is 4.90 Å². The van der Waals surface area contributed by atoms with Crippen molar-refractivity contribution in [3.05, 3.63) is 77.5 Å². The molecule has 0 bridgehead atoms. The molecular formula is C20H16N4O2. The van der Waals surface area contributed by atoms with Crippen LogP contribution in [0.1, 0.15) is 22.6 Å². The average Bonchev–Trinajstić information content (AvgIpc) is 3.11. The Bertz CT molecular complexity index is 1000. The van der Waals surface area contributed by atoms with E-state index in [4.69, 9.17) is 0 Å². The number of nitriles is 1. The van der Waals surface area contributed by atoms with Crippen LogP contribution in [0.5, 0.6) is 0 Å². The van der Waals surface area contributed by atoms with Crippen LogP contribution in [0.15, 0.2) is 60.8 Å². The predicted molar refractivity (Wildman–Crippen MR) is 96.1 cm³/mol. The van der Waals surface area contributed by atoms with Gasteiger partial charge in [0.05, 0.1) is 17.8 Å². The lowest BCUT2D eigenvalue weighted by atomic mass is 9.89. The van der Waals surface area contributed by atoms with Gasteiger partial charge in [-0.25, -0.2) is 4.68 Å². The van der Waals surface area contributed by atoms with Crippen LogP contribution in [0.25, 0.3) is 5.69 Å². The Balaban J connectivity index is 1.83.